The molecule has 0 saturated carbocycles. The third kappa shape index (κ3) is 1.72. The lowest BCUT2D eigenvalue weighted by Crippen LogP contribution is -2.32. The first-order chi connectivity index (χ1) is 4.72. The molecule has 0 unspecified atom stereocenters. The Hall–Kier alpha value is -0.0500. The molecule has 0 N–H and O–H groups in total. The van der Waals surface area contributed by atoms with E-state index in [1.54, 1.807) is 0 Å². The Labute approximate surface area is 69.7 Å². The first-order valence-corrected chi connectivity index (χ1v) is 4.56. The van der Waals surface area contributed by atoms with Gasteiger partial charge in [-0.1, -0.05) is 15.9 Å². The molecule has 1 aliphatic heterocycles. The second-order valence-electron chi connectivity index (χ2n) is 2.65. The van der Waals surface area contributed by atoms with Crippen LogP contribution < -0.4 is 0 Å². The van der Waals surface area contributed by atoms with Crippen LogP contribution in [0.15, 0.2) is 0 Å². The highest BCUT2D eigenvalue weighted by atomic mass is 79.9. The Balaban J connectivity index is 2.40. The summed E-state index contributed by atoms with van der Waals surface area (Å²) in [5, 5.41) is 0. The molecule has 1 atom stereocenters. The third-order valence-electron chi connectivity index (χ3n) is 1.76. The molecule has 0 aromatic rings. The van der Waals surface area contributed by atoms with Crippen LogP contribution in [0.2, 0.25) is 0 Å². The van der Waals surface area contributed by atoms with Crippen LogP contribution in [0.3, 0.4) is 0 Å². The normalized spacial score (nSPS) is 21.2. The number of amides is 1. The van der Waals surface area contributed by atoms with E-state index in [1.807, 2.05) is 11.8 Å². The third-order valence-corrected chi connectivity index (χ3v) is 2.15. The molecule has 0 bridgehead atoms. The van der Waals surface area contributed by atoms with Gasteiger partial charge in [-0.2, -0.15) is 0 Å². The van der Waals surface area contributed by atoms with Crippen LogP contribution >= 0.6 is 15.9 Å². The van der Waals surface area contributed by atoms with Gasteiger partial charge in [0, 0.05) is 13.1 Å². The Bertz CT molecular complexity index is 130. The van der Waals surface area contributed by atoms with Crippen molar-refractivity contribution in [2.24, 2.45) is 0 Å². The van der Waals surface area contributed by atoms with E-state index in [4.69, 9.17) is 0 Å². The van der Waals surface area contributed by atoms with Gasteiger partial charge in [-0.05, 0) is 19.8 Å². The van der Waals surface area contributed by atoms with Crippen molar-refractivity contribution in [3.8, 4) is 0 Å². The number of hydrogen-bond donors (Lipinski definition) is 0. The maximum Gasteiger partial charge on any atom is 0.236 e. The molecule has 3 heteroatoms. The van der Waals surface area contributed by atoms with Gasteiger partial charge in [0.15, 0.2) is 0 Å². The van der Waals surface area contributed by atoms with Crippen molar-refractivity contribution in [1.82, 2.24) is 4.90 Å². The Morgan fingerprint density at radius 3 is 2.40 bits per heavy atom. The molecule has 1 rings (SSSR count). The Morgan fingerprint density at radius 2 is 2.00 bits per heavy atom. The Morgan fingerprint density at radius 1 is 1.50 bits per heavy atom. The molecular weight excluding hydrogens is 194 g/mol. The highest BCUT2D eigenvalue weighted by Gasteiger charge is 2.20. The molecule has 1 amide bonds. The minimum Gasteiger partial charge on any atom is -0.342 e. The highest BCUT2D eigenvalue weighted by Crippen LogP contribution is 2.11. The van der Waals surface area contributed by atoms with Crippen molar-refractivity contribution in [3.05, 3.63) is 0 Å². The number of hydrogen-bond acceptors (Lipinski definition) is 1. The summed E-state index contributed by atoms with van der Waals surface area (Å²) in [6.07, 6.45) is 2.34. The number of halogens is 1. The van der Waals surface area contributed by atoms with Crippen molar-refractivity contribution in [2.45, 2.75) is 24.6 Å². The summed E-state index contributed by atoms with van der Waals surface area (Å²) in [4.78, 5) is 13.1. The van der Waals surface area contributed by atoms with E-state index < -0.39 is 0 Å². The van der Waals surface area contributed by atoms with Gasteiger partial charge in [-0.25, -0.2) is 0 Å². The first kappa shape index (κ1) is 8.05. The topological polar surface area (TPSA) is 20.3 Å². The molecule has 0 radical (unpaired) electrons. The fourth-order valence-corrected chi connectivity index (χ4v) is 1.48. The quantitative estimate of drug-likeness (QED) is 0.593. The molecule has 0 aliphatic carbocycles. The van der Waals surface area contributed by atoms with Gasteiger partial charge < -0.3 is 4.90 Å². The number of carbonyl (C=O) groups excluding carboxylic acids is 1. The van der Waals surface area contributed by atoms with Crippen molar-refractivity contribution >= 4 is 21.8 Å². The summed E-state index contributed by atoms with van der Waals surface area (Å²) in [5.74, 6) is 0.234. The van der Waals surface area contributed by atoms with Gasteiger partial charge in [0.1, 0.15) is 0 Å². The van der Waals surface area contributed by atoms with Crippen molar-refractivity contribution in [3.63, 3.8) is 0 Å². The second kappa shape index (κ2) is 3.37. The lowest BCUT2D eigenvalue weighted by atomic mass is 10.4. The molecule has 1 aliphatic rings. The zero-order chi connectivity index (χ0) is 7.56. The van der Waals surface area contributed by atoms with E-state index in [1.165, 1.54) is 12.8 Å². The number of likely N-dealkylation sites (tertiary alicyclic amines) is 1. The van der Waals surface area contributed by atoms with Crippen LogP contribution in [0.4, 0.5) is 0 Å². The zero-order valence-corrected chi connectivity index (χ0v) is 7.73. The van der Waals surface area contributed by atoms with Gasteiger partial charge in [0.05, 0.1) is 4.83 Å². The molecule has 1 saturated heterocycles. The number of alkyl halides is 1. The number of carbonyl (C=O) groups is 1. The minimum absolute atomic E-state index is 0.00870. The molecule has 10 heavy (non-hydrogen) atoms. The summed E-state index contributed by atoms with van der Waals surface area (Å²) >= 11 is 3.26. The zero-order valence-electron chi connectivity index (χ0n) is 6.14. The lowest BCUT2D eigenvalue weighted by Gasteiger charge is -2.16. The highest BCUT2D eigenvalue weighted by molar-refractivity contribution is 9.10. The van der Waals surface area contributed by atoms with Gasteiger partial charge in [-0.3, -0.25) is 4.79 Å². The fraction of sp³-hybridized carbons (Fsp3) is 0.857. The van der Waals surface area contributed by atoms with E-state index in [9.17, 15) is 4.79 Å². The molecule has 0 aromatic heterocycles. The predicted octanol–water partition coefficient (Wildman–Crippen LogP) is 1.39. The van der Waals surface area contributed by atoms with Crippen LogP contribution in [0.5, 0.6) is 0 Å². The summed E-state index contributed by atoms with van der Waals surface area (Å²) in [6, 6.07) is 0. The summed E-state index contributed by atoms with van der Waals surface area (Å²) in [6.45, 7) is 3.78. The van der Waals surface area contributed by atoms with E-state index in [-0.39, 0.29) is 10.7 Å². The maximum absolute atomic E-state index is 11.2. The fourth-order valence-electron chi connectivity index (χ4n) is 1.19. The smallest absolute Gasteiger partial charge is 0.236 e. The standard InChI is InChI=1S/C7H12BrNO/c1-6(8)7(10)9-4-2-3-5-9/h6H,2-5H2,1H3/t6-/m0/s1. The van der Waals surface area contributed by atoms with Crippen molar-refractivity contribution < 1.29 is 4.79 Å². The SMILES string of the molecule is C[C@H](Br)C(=O)N1CCCC1. The predicted molar refractivity (Wildman–Crippen MR) is 44.2 cm³/mol. The number of rotatable bonds is 1. The van der Waals surface area contributed by atoms with Gasteiger partial charge in [0.2, 0.25) is 5.91 Å². The first-order valence-electron chi connectivity index (χ1n) is 3.64. The molecule has 1 heterocycles. The monoisotopic (exact) mass is 205 g/mol. The molecule has 58 valence electrons. The van der Waals surface area contributed by atoms with Crippen LogP contribution in [0, 0.1) is 0 Å². The van der Waals surface area contributed by atoms with E-state index in [2.05, 4.69) is 15.9 Å². The van der Waals surface area contributed by atoms with Crippen molar-refractivity contribution in [2.75, 3.05) is 13.1 Å². The average molecular weight is 206 g/mol. The van der Waals surface area contributed by atoms with Crippen molar-refractivity contribution in [1.29, 1.82) is 0 Å². The largest absolute Gasteiger partial charge is 0.342 e. The summed E-state index contributed by atoms with van der Waals surface area (Å²) in [5.41, 5.74) is 0. The number of nitrogens with zero attached hydrogens (tertiary/aromatic N) is 1. The van der Waals surface area contributed by atoms with E-state index in [0.29, 0.717) is 0 Å². The molecule has 0 spiro atoms. The molecular formula is C7H12BrNO. The molecule has 2 nitrogen and oxygen atoms in total. The summed E-state index contributed by atoms with van der Waals surface area (Å²) in [7, 11) is 0. The maximum atomic E-state index is 11.2. The van der Waals surface area contributed by atoms with Gasteiger partial charge in [0.25, 0.3) is 0 Å². The Kier molecular flexibility index (Phi) is 2.72. The van der Waals surface area contributed by atoms with E-state index >= 15 is 0 Å². The lowest BCUT2D eigenvalue weighted by molar-refractivity contribution is -0.129. The second-order valence-corrected chi connectivity index (χ2v) is 4.02. The van der Waals surface area contributed by atoms with Crippen LogP contribution in [0.1, 0.15) is 19.8 Å². The molecule has 0 aromatic carbocycles. The summed E-state index contributed by atoms with van der Waals surface area (Å²) < 4.78 is 0. The van der Waals surface area contributed by atoms with Gasteiger partial charge >= 0.3 is 0 Å². The van der Waals surface area contributed by atoms with Crippen LogP contribution in [0.25, 0.3) is 0 Å². The van der Waals surface area contributed by atoms with Crippen LogP contribution in [-0.2, 0) is 4.79 Å². The van der Waals surface area contributed by atoms with Crippen LogP contribution in [-0.4, -0.2) is 28.7 Å². The van der Waals surface area contributed by atoms with Gasteiger partial charge in [-0.15, -0.1) is 0 Å². The molecule has 1 fully saturated rings. The average Bonchev–Trinajstić information content (AvgIpc) is 2.36. The minimum atomic E-state index is -0.00870. The van der Waals surface area contributed by atoms with E-state index in [0.717, 1.165) is 13.1 Å².